The molecule has 1 fully saturated rings. The van der Waals surface area contributed by atoms with E-state index in [9.17, 15) is 5.11 Å². The molecular weight excluding hydrogens is 272 g/mol. The molecule has 1 aliphatic carbocycles. The van der Waals surface area contributed by atoms with Crippen molar-refractivity contribution in [2.75, 3.05) is 19.7 Å². The topological polar surface area (TPSA) is 56.5 Å². The Morgan fingerprint density at radius 2 is 2.30 bits per heavy atom. The highest BCUT2D eigenvalue weighted by Crippen LogP contribution is 2.23. The molecule has 1 aromatic heterocycles. The van der Waals surface area contributed by atoms with Crippen molar-refractivity contribution in [1.82, 2.24) is 4.90 Å². The van der Waals surface area contributed by atoms with Crippen molar-refractivity contribution in [2.45, 2.75) is 44.4 Å². The average Bonchev–Trinajstić information content (AvgIpc) is 3.11. The fourth-order valence-electron chi connectivity index (χ4n) is 2.72. The summed E-state index contributed by atoms with van der Waals surface area (Å²) in [4.78, 5) is 3.27. The highest BCUT2D eigenvalue weighted by Gasteiger charge is 2.24. The number of hydrogen-bond acceptors (Lipinski definition) is 5. The highest BCUT2D eigenvalue weighted by atomic mass is 32.1. The van der Waals surface area contributed by atoms with Gasteiger partial charge in [0.1, 0.15) is 0 Å². The SMILES string of the molecule is N#CCN(CC(O)COCc1cccs1)C1CCCC1. The number of ether oxygens (including phenoxy) is 1. The van der Waals surface area contributed by atoms with Crippen LogP contribution in [-0.4, -0.2) is 41.8 Å². The van der Waals surface area contributed by atoms with E-state index >= 15 is 0 Å². The van der Waals surface area contributed by atoms with Crippen LogP contribution in [0.2, 0.25) is 0 Å². The van der Waals surface area contributed by atoms with E-state index in [1.165, 1.54) is 17.7 Å². The smallest absolute Gasteiger partial charge is 0.0900 e. The molecule has 5 heteroatoms. The van der Waals surface area contributed by atoms with Crippen LogP contribution in [0.4, 0.5) is 0 Å². The van der Waals surface area contributed by atoms with Crippen molar-refractivity contribution in [2.24, 2.45) is 0 Å². The molecule has 1 heterocycles. The number of thiophene rings is 1. The second-order valence-corrected chi connectivity index (χ2v) is 6.31. The average molecular weight is 294 g/mol. The molecule has 1 aromatic rings. The fourth-order valence-corrected chi connectivity index (χ4v) is 3.36. The van der Waals surface area contributed by atoms with E-state index in [1.54, 1.807) is 11.3 Å². The van der Waals surface area contributed by atoms with Gasteiger partial charge in [0.2, 0.25) is 0 Å². The van der Waals surface area contributed by atoms with Gasteiger partial charge in [-0.05, 0) is 24.3 Å². The zero-order valence-electron chi connectivity index (χ0n) is 11.7. The minimum absolute atomic E-state index is 0.326. The molecule has 1 saturated carbocycles. The summed E-state index contributed by atoms with van der Waals surface area (Å²) in [5.41, 5.74) is 0. The number of aliphatic hydroxyl groups is 1. The third kappa shape index (κ3) is 4.88. The molecule has 2 rings (SSSR count). The van der Waals surface area contributed by atoms with Gasteiger partial charge in [0.15, 0.2) is 0 Å². The summed E-state index contributed by atoms with van der Waals surface area (Å²) in [5, 5.41) is 21.0. The molecule has 1 unspecified atom stereocenters. The van der Waals surface area contributed by atoms with Gasteiger partial charge in [0.05, 0.1) is 31.9 Å². The Kier molecular flexibility index (Phi) is 6.48. The van der Waals surface area contributed by atoms with Crippen LogP contribution in [0.5, 0.6) is 0 Å². The Labute approximate surface area is 124 Å². The van der Waals surface area contributed by atoms with Gasteiger partial charge < -0.3 is 9.84 Å². The third-order valence-electron chi connectivity index (χ3n) is 3.69. The van der Waals surface area contributed by atoms with Crippen LogP contribution >= 0.6 is 11.3 Å². The van der Waals surface area contributed by atoms with Gasteiger partial charge in [0, 0.05) is 17.5 Å². The van der Waals surface area contributed by atoms with Crippen LogP contribution in [0.3, 0.4) is 0 Å². The largest absolute Gasteiger partial charge is 0.389 e. The molecular formula is C15H22N2O2S. The number of nitriles is 1. The molecule has 0 aromatic carbocycles. The van der Waals surface area contributed by atoms with Crippen LogP contribution in [-0.2, 0) is 11.3 Å². The van der Waals surface area contributed by atoms with E-state index < -0.39 is 6.10 Å². The molecule has 0 amide bonds. The summed E-state index contributed by atoms with van der Waals surface area (Å²) in [7, 11) is 0. The normalized spacial score (nSPS) is 17.4. The van der Waals surface area contributed by atoms with Crippen molar-refractivity contribution in [1.29, 1.82) is 5.26 Å². The first kappa shape index (κ1) is 15.5. The zero-order valence-corrected chi connectivity index (χ0v) is 12.5. The molecule has 4 nitrogen and oxygen atoms in total. The molecule has 0 radical (unpaired) electrons. The Hall–Kier alpha value is -0.930. The molecule has 110 valence electrons. The molecule has 1 N–H and O–H groups in total. The first-order valence-electron chi connectivity index (χ1n) is 7.19. The van der Waals surface area contributed by atoms with Gasteiger partial charge in [0.25, 0.3) is 0 Å². The predicted molar refractivity (Wildman–Crippen MR) is 79.4 cm³/mol. The highest BCUT2D eigenvalue weighted by molar-refractivity contribution is 7.09. The summed E-state index contributed by atoms with van der Waals surface area (Å²) in [6.45, 7) is 1.80. The first-order chi connectivity index (χ1) is 9.79. The summed E-state index contributed by atoms with van der Waals surface area (Å²) in [6.07, 6.45) is 4.23. The van der Waals surface area contributed by atoms with Crippen molar-refractivity contribution in [3.05, 3.63) is 22.4 Å². The molecule has 0 saturated heterocycles. The van der Waals surface area contributed by atoms with E-state index in [0.29, 0.717) is 32.3 Å². The van der Waals surface area contributed by atoms with E-state index in [1.807, 2.05) is 17.5 Å². The second kappa shape index (κ2) is 8.38. The van der Waals surface area contributed by atoms with Crippen LogP contribution < -0.4 is 0 Å². The summed E-state index contributed by atoms with van der Waals surface area (Å²) < 4.78 is 5.53. The summed E-state index contributed by atoms with van der Waals surface area (Å²) in [5.74, 6) is 0. The van der Waals surface area contributed by atoms with Gasteiger partial charge >= 0.3 is 0 Å². The molecule has 1 aliphatic rings. The lowest BCUT2D eigenvalue weighted by Gasteiger charge is -2.28. The number of nitrogens with zero attached hydrogens (tertiary/aromatic N) is 2. The Morgan fingerprint density at radius 1 is 1.50 bits per heavy atom. The molecule has 0 bridgehead atoms. The van der Waals surface area contributed by atoms with Crippen molar-refractivity contribution < 1.29 is 9.84 Å². The maximum atomic E-state index is 10.1. The van der Waals surface area contributed by atoms with Crippen molar-refractivity contribution >= 4 is 11.3 Å². The number of rotatable bonds is 8. The lowest BCUT2D eigenvalue weighted by Crippen LogP contribution is -2.41. The maximum Gasteiger partial charge on any atom is 0.0900 e. The minimum Gasteiger partial charge on any atom is -0.389 e. The molecule has 1 atom stereocenters. The van der Waals surface area contributed by atoms with Gasteiger partial charge in [-0.1, -0.05) is 18.9 Å². The van der Waals surface area contributed by atoms with Crippen LogP contribution in [0.1, 0.15) is 30.6 Å². The van der Waals surface area contributed by atoms with Gasteiger partial charge in [-0.15, -0.1) is 11.3 Å². The van der Waals surface area contributed by atoms with Crippen LogP contribution in [0, 0.1) is 11.3 Å². The molecule has 0 spiro atoms. The van der Waals surface area contributed by atoms with E-state index in [2.05, 4.69) is 11.0 Å². The van der Waals surface area contributed by atoms with E-state index in [-0.39, 0.29) is 0 Å². The van der Waals surface area contributed by atoms with Gasteiger partial charge in [-0.3, -0.25) is 4.90 Å². The number of aliphatic hydroxyl groups excluding tert-OH is 1. The van der Waals surface area contributed by atoms with Gasteiger partial charge in [-0.25, -0.2) is 0 Å². The monoisotopic (exact) mass is 294 g/mol. The van der Waals surface area contributed by atoms with E-state index in [4.69, 9.17) is 10.00 Å². The Bertz CT molecular complexity index is 410. The van der Waals surface area contributed by atoms with Crippen LogP contribution in [0.15, 0.2) is 17.5 Å². The second-order valence-electron chi connectivity index (χ2n) is 5.27. The predicted octanol–water partition coefficient (Wildman–Crippen LogP) is 2.39. The Morgan fingerprint density at radius 3 is 2.95 bits per heavy atom. The summed E-state index contributed by atoms with van der Waals surface area (Å²) >= 11 is 1.66. The van der Waals surface area contributed by atoms with Crippen molar-refractivity contribution in [3.63, 3.8) is 0 Å². The Balaban J connectivity index is 1.70. The molecule has 20 heavy (non-hydrogen) atoms. The lowest BCUT2D eigenvalue weighted by molar-refractivity contribution is 0.00610. The lowest BCUT2D eigenvalue weighted by atomic mass is 10.2. The fraction of sp³-hybridized carbons (Fsp3) is 0.667. The summed E-state index contributed by atoms with van der Waals surface area (Å²) in [6, 6.07) is 6.68. The van der Waals surface area contributed by atoms with Crippen LogP contribution in [0.25, 0.3) is 0 Å². The maximum absolute atomic E-state index is 10.1. The zero-order chi connectivity index (χ0) is 14.2. The number of hydrogen-bond donors (Lipinski definition) is 1. The first-order valence-corrected chi connectivity index (χ1v) is 8.06. The van der Waals surface area contributed by atoms with Crippen molar-refractivity contribution in [3.8, 4) is 6.07 Å². The molecule has 0 aliphatic heterocycles. The van der Waals surface area contributed by atoms with Gasteiger partial charge in [-0.2, -0.15) is 5.26 Å². The standard InChI is InChI=1S/C15H22N2O2S/c16-7-8-17(13-4-1-2-5-13)10-14(18)11-19-12-15-6-3-9-20-15/h3,6,9,13-14,18H,1-2,4-5,8,10-12H2. The quantitative estimate of drug-likeness (QED) is 0.748. The van der Waals surface area contributed by atoms with E-state index in [0.717, 1.165) is 12.8 Å². The third-order valence-corrected chi connectivity index (χ3v) is 4.54. The minimum atomic E-state index is -0.524.